The van der Waals surface area contributed by atoms with Gasteiger partial charge >= 0.3 is 0 Å². The number of amides is 1. The number of carbonyl (C=O) groups is 1. The second-order valence-corrected chi connectivity index (χ2v) is 4.86. The van der Waals surface area contributed by atoms with Crippen molar-refractivity contribution in [2.75, 3.05) is 13.6 Å². The quantitative estimate of drug-likeness (QED) is 0.901. The highest BCUT2D eigenvalue weighted by atomic mass is 35.5. The predicted molar refractivity (Wildman–Crippen MR) is 77.6 cm³/mol. The molecule has 1 amide bonds. The van der Waals surface area contributed by atoms with Crippen LogP contribution in [0.3, 0.4) is 0 Å². The van der Waals surface area contributed by atoms with Crippen molar-refractivity contribution in [1.82, 2.24) is 15.6 Å². The van der Waals surface area contributed by atoms with E-state index in [1.807, 2.05) is 26.1 Å². The second kappa shape index (κ2) is 5.99. The minimum atomic E-state index is -0.159. The molecule has 1 aromatic heterocycles. The molecule has 100 valence electrons. The van der Waals surface area contributed by atoms with E-state index in [2.05, 4.69) is 15.6 Å². The Balaban J connectivity index is 2.31. The number of nitrogens with zero attached hydrogens (tertiary/aromatic N) is 1. The van der Waals surface area contributed by atoms with Gasteiger partial charge in [-0.15, -0.1) is 0 Å². The fourth-order valence-corrected chi connectivity index (χ4v) is 2.00. The van der Waals surface area contributed by atoms with Crippen LogP contribution in [-0.2, 0) is 0 Å². The summed E-state index contributed by atoms with van der Waals surface area (Å²) in [5.41, 5.74) is 1.17. The van der Waals surface area contributed by atoms with Gasteiger partial charge in [-0.25, -0.2) is 0 Å². The fourth-order valence-electron chi connectivity index (χ4n) is 1.77. The Morgan fingerprint density at radius 2 is 2.26 bits per heavy atom. The lowest BCUT2D eigenvalue weighted by atomic mass is 10.1. The third-order valence-corrected chi connectivity index (χ3v) is 3.19. The lowest BCUT2D eigenvalue weighted by molar-refractivity contribution is 0.0952. The van der Waals surface area contributed by atoms with E-state index in [-0.39, 0.29) is 11.9 Å². The molecule has 2 aromatic rings. The third-order valence-electron chi connectivity index (χ3n) is 2.98. The largest absolute Gasteiger partial charge is 0.350 e. The molecule has 0 aliphatic heterocycles. The maximum atomic E-state index is 12.2. The van der Waals surface area contributed by atoms with Crippen molar-refractivity contribution in [3.05, 3.63) is 41.0 Å². The number of pyridine rings is 1. The molecule has 19 heavy (non-hydrogen) atoms. The molecule has 1 heterocycles. The van der Waals surface area contributed by atoms with Gasteiger partial charge in [0.2, 0.25) is 0 Å². The highest BCUT2D eigenvalue weighted by Gasteiger charge is 2.12. The Kier molecular flexibility index (Phi) is 4.35. The van der Waals surface area contributed by atoms with E-state index in [1.165, 1.54) is 0 Å². The lowest BCUT2D eigenvalue weighted by Crippen LogP contribution is -2.37. The first-order chi connectivity index (χ1) is 9.11. The molecule has 0 aliphatic rings. The van der Waals surface area contributed by atoms with Crippen molar-refractivity contribution >= 4 is 28.4 Å². The van der Waals surface area contributed by atoms with Crippen molar-refractivity contribution < 1.29 is 4.79 Å². The number of hydrogen-bond acceptors (Lipinski definition) is 3. The highest BCUT2D eigenvalue weighted by molar-refractivity contribution is 6.32. The predicted octanol–water partition coefficient (Wildman–Crippen LogP) is 2.23. The van der Waals surface area contributed by atoms with Crippen molar-refractivity contribution in [3.63, 3.8) is 0 Å². The highest BCUT2D eigenvalue weighted by Crippen LogP contribution is 2.22. The van der Waals surface area contributed by atoms with E-state index in [9.17, 15) is 4.79 Å². The number of halogens is 1. The summed E-state index contributed by atoms with van der Waals surface area (Å²) in [4.78, 5) is 16.4. The summed E-state index contributed by atoms with van der Waals surface area (Å²) in [6.45, 7) is 2.55. The van der Waals surface area contributed by atoms with Crippen LogP contribution in [0.1, 0.15) is 17.3 Å². The molecule has 0 aliphatic carbocycles. The van der Waals surface area contributed by atoms with Gasteiger partial charge in [0.25, 0.3) is 5.91 Å². The summed E-state index contributed by atoms with van der Waals surface area (Å²) in [6.07, 6.45) is 1.67. The Morgan fingerprint density at radius 3 is 3.00 bits per heavy atom. The summed E-state index contributed by atoms with van der Waals surface area (Å²) in [5.74, 6) is -0.159. The topological polar surface area (TPSA) is 54.0 Å². The Bertz CT molecular complexity index is 600. The minimum Gasteiger partial charge on any atom is -0.350 e. The van der Waals surface area contributed by atoms with Gasteiger partial charge in [-0.2, -0.15) is 0 Å². The van der Waals surface area contributed by atoms with Gasteiger partial charge in [-0.1, -0.05) is 17.7 Å². The van der Waals surface area contributed by atoms with Crippen molar-refractivity contribution in [2.45, 2.75) is 13.0 Å². The molecule has 4 nitrogen and oxygen atoms in total. The van der Waals surface area contributed by atoms with E-state index in [0.29, 0.717) is 22.6 Å². The average Bonchev–Trinajstić information content (AvgIpc) is 2.43. The van der Waals surface area contributed by atoms with Crippen LogP contribution in [0.25, 0.3) is 10.9 Å². The normalized spacial score (nSPS) is 12.4. The second-order valence-electron chi connectivity index (χ2n) is 4.43. The maximum Gasteiger partial charge on any atom is 0.253 e. The standard InChI is InChI=1S/C14H16ClN3O/c1-9(16-2)8-18-14(19)12-7-11(15)6-10-4-3-5-17-13(10)12/h3-7,9,16H,8H2,1-2H3,(H,18,19). The molecule has 1 atom stereocenters. The summed E-state index contributed by atoms with van der Waals surface area (Å²) in [7, 11) is 1.85. The van der Waals surface area contributed by atoms with Crippen LogP contribution in [0, 0.1) is 0 Å². The molecule has 0 saturated heterocycles. The third kappa shape index (κ3) is 3.22. The van der Waals surface area contributed by atoms with Crippen LogP contribution < -0.4 is 10.6 Å². The Morgan fingerprint density at radius 1 is 1.47 bits per heavy atom. The van der Waals surface area contributed by atoms with Gasteiger partial charge < -0.3 is 10.6 Å². The SMILES string of the molecule is CNC(C)CNC(=O)c1cc(Cl)cc2cccnc12. The van der Waals surface area contributed by atoms with Crippen LogP contribution in [0.5, 0.6) is 0 Å². The number of hydrogen-bond donors (Lipinski definition) is 2. The molecule has 0 fully saturated rings. The molecule has 1 unspecified atom stereocenters. The van der Waals surface area contributed by atoms with E-state index in [0.717, 1.165) is 5.39 Å². The number of nitrogens with one attached hydrogen (secondary N) is 2. The van der Waals surface area contributed by atoms with Gasteiger partial charge in [0, 0.05) is 29.2 Å². The summed E-state index contributed by atoms with van der Waals surface area (Å²) in [5, 5.41) is 7.33. The molecular formula is C14H16ClN3O. The number of benzene rings is 1. The monoisotopic (exact) mass is 277 g/mol. The zero-order chi connectivity index (χ0) is 13.8. The van der Waals surface area contributed by atoms with E-state index in [4.69, 9.17) is 11.6 Å². The zero-order valence-corrected chi connectivity index (χ0v) is 11.7. The van der Waals surface area contributed by atoms with Crippen LogP contribution in [-0.4, -0.2) is 30.5 Å². The van der Waals surface area contributed by atoms with Gasteiger partial charge in [-0.3, -0.25) is 9.78 Å². The minimum absolute atomic E-state index is 0.159. The molecule has 5 heteroatoms. The van der Waals surface area contributed by atoms with Crippen LogP contribution >= 0.6 is 11.6 Å². The molecule has 0 radical (unpaired) electrons. The number of fused-ring (bicyclic) bond motifs is 1. The summed E-state index contributed by atoms with van der Waals surface area (Å²) < 4.78 is 0. The smallest absolute Gasteiger partial charge is 0.253 e. The first-order valence-electron chi connectivity index (χ1n) is 6.11. The van der Waals surface area contributed by atoms with E-state index in [1.54, 1.807) is 18.3 Å². The Hall–Kier alpha value is -1.65. The molecule has 0 spiro atoms. The fraction of sp³-hybridized carbons (Fsp3) is 0.286. The van der Waals surface area contributed by atoms with E-state index < -0.39 is 0 Å². The molecular weight excluding hydrogens is 262 g/mol. The van der Waals surface area contributed by atoms with Gasteiger partial charge in [0.15, 0.2) is 0 Å². The molecule has 2 rings (SSSR count). The average molecular weight is 278 g/mol. The molecule has 2 N–H and O–H groups in total. The Labute approximate surface area is 117 Å². The molecule has 1 aromatic carbocycles. The number of aromatic nitrogens is 1. The van der Waals surface area contributed by atoms with Gasteiger partial charge in [0.1, 0.15) is 0 Å². The molecule has 0 saturated carbocycles. The molecule has 0 bridgehead atoms. The summed E-state index contributed by atoms with van der Waals surface area (Å²) >= 11 is 6.04. The first-order valence-corrected chi connectivity index (χ1v) is 6.49. The van der Waals surface area contributed by atoms with Crippen LogP contribution in [0.2, 0.25) is 5.02 Å². The van der Waals surface area contributed by atoms with Crippen molar-refractivity contribution in [3.8, 4) is 0 Å². The summed E-state index contributed by atoms with van der Waals surface area (Å²) in [6, 6.07) is 7.37. The van der Waals surface area contributed by atoms with Crippen LogP contribution in [0.15, 0.2) is 30.5 Å². The maximum absolute atomic E-state index is 12.2. The van der Waals surface area contributed by atoms with Crippen molar-refractivity contribution in [1.29, 1.82) is 0 Å². The number of likely N-dealkylation sites (N-methyl/N-ethyl adjacent to an activating group) is 1. The lowest BCUT2D eigenvalue weighted by Gasteiger charge is -2.12. The zero-order valence-electron chi connectivity index (χ0n) is 10.9. The van der Waals surface area contributed by atoms with E-state index >= 15 is 0 Å². The van der Waals surface area contributed by atoms with Crippen LogP contribution in [0.4, 0.5) is 0 Å². The van der Waals surface area contributed by atoms with Crippen molar-refractivity contribution in [2.24, 2.45) is 0 Å². The number of carbonyl (C=O) groups excluding carboxylic acids is 1. The first kappa shape index (κ1) is 13.8. The van der Waals surface area contributed by atoms with Gasteiger partial charge in [-0.05, 0) is 32.2 Å². The number of rotatable bonds is 4. The van der Waals surface area contributed by atoms with Gasteiger partial charge in [0.05, 0.1) is 11.1 Å².